The van der Waals surface area contributed by atoms with Gasteiger partial charge in [-0.2, -0.15) is 8.78 Å². The third kappa shape index (κ3) is 15.5. The van der Waals surface area contributed by atoms with E-state index in [0.717, 1.165) is 46.0 Å². The van der Waals surface area contributed by atoms with Gasteiger partial charge in [0.05, 0.1) is 0 Å². The maximum atomic E-state index is 13.7. The van der Waals surface area contributed by atoms with Crippen LogP contribution in [-0.4, -0.2) is 86.1 Å². The molecule has 0 radical (unpaired) electrons. The number of benzene rings is 1. The molecule has 14 nitrogen and oxygen atoms in total. The largest absolute Gasteiger partial charge is 0.463 e. The van der Waals surface area contributed by atoms with Gasteiger partial charge in [-0.3, -0.25) is 28.8 Å². The highest BCUT2D eigenvalue weighted by molar-refractivity contribution is 5.75. The normalized spacial score (nSPS) is 19.4. The lowest BCUT2D eigenvalue weighted by Gasteiger charge is -2.44. The van der Waals surface area contributed by atoms with Crippen LogP contribution in [-0.2, 0) is 52.5 Å². The second-order valence-corrected chi connectivity index (χ2v) is 12.5. The molecule has 0 saturated carbocycles. The van der Waals surface area contributed by atoms with Crippen molar-refractivity contribution in [3.05, 3.63) is 29.1 Å². The predicted molar refractivity (Wildman–Crippen MR) is 176 cm³/mol. The SMILES string of the molecule is CC(=O)N[C@H]1[C@H](OCCCCC(=O)NCCCCCCCCCC(=O)Oc2c(F)c(F)c(F)c(F)c2F)O[C@H](COC(C)=O)[C@H](OC(C)=O)[C@@H]1OC(C)=O. The summed E-state index contributed by atoms with van der Waals surface area (Å²) >= 11 is 0. The number of nitrogens with one attached hydrogen (secondary N) is 2. The van der Waals surface area contributed by atoms with E-state index < -0.39 is 95.3 Å². The minimum absolute atomic E-state index is 0.0752. The third-order valence-electron chi connectivity index (χ3n) is 7.92. The van der Waals surface area contributed by atoms with Crippen LogP contribution in [0.15, 0.2) is 0 Å². The van der Waals surface area contributed by atoms with Crippen LogP contribution in [0, 0.1) is 29.1 Å². The second kappa shape index (κ2) is 23.4. The highest BCUT2D eigenvalue weighted by Crippen LogP contribution is 2.30. The monoisotopic (exact) mass is 782 g/mol. The van der Waals surface area contributed by atoms with Gasteiger partial charge in [-0.1, -0.05) is 32.1 Å². The molecule has 1 aromatic carbocycles. The van der Waals surface area contributed by atoms with Gasteiger partial charge in [-0.25, -0.2) is 13.2 Å². The van der Waals surface area contributed by atoms with Gasteiger partial charge in [0.25, 0.3) is 0 Å². The van der Waals surface area contributed by atoms with Gasteiger partial charge in [0, 0.05) is 53.7 Å². The number of carbonyl (C=O) groups excluding carboxylic acids is 6. The Morgan fingerprint density at radius 2 is 1.19 bits per heavy atom. The first-order valence-corrected chi connectivity index (χ1v) is 17.5. The number of rotatable bonds is 22. The number of halogens is 5. The van der Waals surface area contributed by atoms with Crippen molar-refractivity contribution in [2.24, 2.45) is 0 Å². The van der Waals surface area contributed by atoms with E-state index in [9.17, 15) is 50.7 Å². The zero-order valence-corrected chi connectivity index (χ0v) is 30.6. The molecule has 1 aromatic rings. The van der Waals surface area contributed by atoms with Crippen molar-refractivity contribution in [3.8, 4) is 5.75 Å². The molecule has 0 bridgehead atoms. The minimum atomic E-state index is -2.34. The molecule has 1 aliphatic heterocycles. The summed E-state index contributed by atoms with van der Waals surface area (Å²) in [6.07, 6.45) is 0.804. The molecule has 1 fully saturated rings. The fraction of sp³-hybridized carbons (Fsp3) is 0.657. The number of hydrogen-bond acceptors (Lipinski definition) is 12. The van der Waals surface area contributed by atoms with E-state index >= 15 is 0 Å². The Labute approximate surface area is 309 Å². The van der Waals surface area contributed by atoms with Crippen LogP contribution in [0.1, 0.15) is 98.3 Å². The lowest BCUT2D eigenvalue weighted by molar-refractivity contribution is -0.277. The van der Waals surface area contributed by atoms with E-state index in [-0.39, 0.29) is 32.0 Å². The Kier molecular flexibility index (Phi) is 19.8. The summed E-state index contributed by atoms with van der Waals surface area (Å²) in [5.74, 6) is -16.7. The van der Waals surface area contributed by atoms with Crippen LogP contribution in [0.25, 0.3) is 0 Å². The number of ether oxygens (including phenoxy) is 6. The predicted octanol–water partition coefficient (Wildman–Crippen LogP) is 4.37. The zero-order chi connectivity index (χ0) is 40.4. The molecule has 19 heteroatoms. The summed E-state index contributed by atoms with van der Waals surface area (Å²) in [7, 11) is 0. The number of hydrogen-bond donors (Lipinski definition) is 2. The lowest BCUT2D eigenvalue weighted by atomic mass is 9.96. The van der Waals surface area contributed by atoms with E-state index in [0.29, 0.717) is 32.2 Å². The maximum Gasteiger partial charge on any atom is 0.311 e. The molecule has 1 saturated heterocycles. The van der Waals surface area contributed by atoms with Crippen LogP contribution >= 0.6 is 0 Å². The molecule has 1 aliphatic rings. The van der Waals surface area contributed by atoms with Crippen LogP contribution in [0.5, 0.6) is 5.75 Å². The number of esters is 4. The van der Waals surface area contributed by atoms with Crippen molar-refractivity contribution in [2.75, 3.05) is 19.8 Å². The van der Waals surface area contributed by atoms with Crippen molar-refractivity contribution in [1.82, 2.24) is 10.6 Å². The van der Waals surface area contributed by atoms with Crippen molar-refractivity contribution < 1.29 is 79.1 Å². The van der Waals surface area contributed by atoms with Gasteiger partial charge in [0.1, 0.15) is 18.8 Å². The van der Waals surface area contributed by atoms with Gasteiger partial charge in [0.2, 0.25) is 46.6 Å². The van der Waals surface area contributed by atoms with Gasteiger partial charge < -0.3 is 39.1 Å². The first kappa shape index (κ1) is 45.8. The third-order valence-corrected chi connectivity index (χ3v) is 7.92. The summed E-state index contributed by atoms with van der Waals surface area (Å²) in [5, 5.41) is 5.44. The number of unbranched alkanes of at least 4 members (excludes halogenated alkanes) is 7. The molecule has 2 amide bonds. The fourth-order valence-electron chi connectivity index (χ4n) is 5.45. The molecule has 0 aliphatic carbocycles. The molecule has 2 rings (SSSR count). The molecule has 1 heterocycles. The van der Waals surface area contributed by atoms with Gasteiger partial charge >= 0.3 is 23.9 Å². The standard InChI is InChI=1S/C35H47F5N2O12/c1-19(43)42-31-34(52-22(4)46)32(51-21(3)45)23(18-50-20(2)44)53-35(31)49-17-13-11-14-24(47)41-16-12-9-7-5-6-8-10-15-25(48)54-33-29(39)27(37)26(36)28(38)30(33)40/h23,31-32,34-35H,5-18H2,1-4H3,(H,41,47)(H,42,43)/t23-,31-,32+,34-,35-/m1/s1. The Bertz CT molecular complexity index is 1440. The Morgan fingerprint density at radius 3 is 1.76 bits per heavy atom. The molecule has 304 valence electrons. The van der Waals surface area contributed by atoms with E-state index in [1.165, 1.54) is 13.8 Å². The lowest BCUT2D eigenvalue weighted by Crippen LogP contribution is -2.66. The average Bonchev–Trinajstić information content (AvgIpc) is 3.09. The Hall–Kier alpha value is -4.39. The molecule has 54 heavy (non-hydrogen) atoms. The molecular formula is C35H47F5N2O12. The molecule has 0 spiro atoms. The summed E-state index contributed by atoms with van der Waals surface area (Å²) in [6.45, 7) is 4.84. The fourth-order valence-corrected chi connectivity index (χ4v) is 5.45. The molecule has 0 aromatic heterocycles. The summed E-state index contributed by atoms with van der Waals surface area (Å²) in [4.78, 5) is 71.4. The van der Waals surface area contributed by atoms with Gasteiger partial charge in [-0.15, -0.1) is 0 Å². The molecule has 0 unspecified atom stereocenters. The summed E-state index contributed by atoms with van der Waals surface area (Å²) in [6, 6.07) is -1.09. The van der Waals surface area contributed by atoms with Crippen molar-refractivity contribution in [3.63, 3.8) is 0 Å². The smallest absolute Gasteiger partial charge is 0.311 e. The van der Waals surface area contributed by atoms with Gasteiger partial charge in [-0.05, 0) is 25.7 Å². The van der Waals surface area contributed by atoms with Crippen molar-refractivity contribution in [2.45, 2.75) is 129 Å². The number of amides is 2. The first-order chi connectivity index (χ1) is 25.5. The van der Waals surface area contributed by atoms with E-state index in [2.05, 4.69) is 15.4 Å². The van der Waals surface area contributed by atoms with Crippen LogP contribution in [0.2, 0.25) is 0 Å². The highest BCUT2D eigenvalue weighted by atomic mass is 19.2. The van der Waals surface area contributed by atoms with Crippen molar-refractivity contribution >= 4 is 35.7 Å². The summed E-state index contributed by atoms with van der Waals surface area (Å²) in [5.41, 5.74) is 0. The average molecular weight is 783 g/mol. The molecule has 5 atom stereocenters. The second-order valence-electron chi connectivity index (χ2n) is 12.5. The molecular weight excluding hydrogens is 735 g/mol. The van der Waals surface area contributed by atoms with Crippen LogP contribution < -0.4 is 15.4 Å². The van der Waals surface area contributed by atoms with Crippen molar-refractivity contribution in [1.29, 1.82) is 0 Å². The number of carbonyl (C=O) groups is 6. The minimum Gasteiger partial charge on any atom is -0.463 e. The Morgan fingerprint density at radius 1 is 0.648 bits per heavy atom. The van der Waals surface area contributed by atoms with E-state index in [1.54, 1.807) is 0 Å². The van der Waals surface area contributed by atoms with Gasteiger partial charge in [0.15, 0.2) is 18.5 Å². The van der Waals surface area contributed by atoms with E-state index in [4.69, 9.17) is 23.7 Å². The Balaban J connectivity index is 1.66. The highest BCUT2D eigenvalue weighted by Gasteiger charge is 2.51. The zero-order valence-electron chi connectivity index (χ0n) is 30.6. The maximum absolute atomic E-state index is 13.7. The van der Waals surface area contributed by atoms with E-state index in [1.807, 2.05) is 0 Å². The first-order valence-electron chi connectivity index (χ1n) is 17.5. The summed E-state index contributed by atoms with van der Waals surface area (Å²) < 4.78 is 98.9. The van der Waals surface area contributed by atoms with Crippen LogP contribution in [0.3, 0.4) is 0 Å². The van der Waals surface area contributed by atoms with Crippen LogP contribution in [0.4, 0.5) is 22.0 Å². The topological polar surface area (TPSA) is 182 Å². The molecule has 2 N–H and O–H groups in total. The quantitative estimate of drug-likeness (QED) is 0.0323.